The normalized spacial score (nSPS) is 16.8. The van der Waals surface area contributed by atoms with Gasteiger partial charge in [-0.15, -0.1) is 0 Å². The van der Waals surface area contributed by atoms with Gasteiger partial charge in [0.1, 0.15) is 0 Å². The third kappa shape index (κ3) is 4.03. The molecule has 1 N–H and O–H groups in total. The molecule has 2 aromatic rings. The third-order valence-corrected chi connectivity index (χ3v) is 4.63. The zero-order chi connectivity index (χ0) is 18.5. The van der Waals surface area contributed by atoms with Gasteiger partial charge in [0.15, 0.2) is 0 Å². The van der Waals surface area contributed by atoms with Crippen LogP contribution in [0.5, 0.6) is 0 Å². The molecule has 1 unspecified atom stereocenters. The van der Waals surface area contributed by atoms with Gasteiger partial charge in [-0.1, -0.05) is 29.8 Å². The minimum absolute atomic E-state index is 0.0316. The van der Waals surface area contributed by atoms with E-state index in [2.05, 4.69) is 41.6 Å². The molecule has 1 aliphatic heterocycles. The number of carbonyl (C=O) groups excluding carboxylic acids is 1. The van der Waals surface area contributed by atoms with Crippen LogP contribution < -0.4 is 5.32 Å². The van der Waals surface area contributed by atoms with E-state index in [0.29, 0.717) is 19.6 Å². The molecule has 0 spiro atoms. The van der Waals surface area contributed by atoms with Crippen molar-refractivity contribution in [2.75, 3.05) is 26.8 Å². The molecule has 3 rings (SSSR count). The summed E-state index contributed by atoms with van der Waals surface area (Å²) in [6, 6.07) is 12.3. The Kier molecular flexibility index (Phi) is 5.85. The predicted molar refractivity (Wildman–Crippen MR) is 102 cm³/mol. The minimum atomic E-state index is -0.0720. The number of rotatable bonds is 7. The van der Waals surface area contributed by atoms with Gasteiger partial charge in [-0.2, -0.15) is 5.10 Å². The minimum Gasteiger partial charge on any atom is -0.383 e. The average molecular weight is 354 g/mol. The van der Waals surface area contributed by atoms with E-state index >= 15 is 0 Å². The van der Waals surface area contributed by atoms with Crippen molar-refractivity contribution in [1.29, 1.82) is 0 Å². The molecule has 0 fully saturated rings. The van der Waals surface area contributed by atoms with E-state index in [4.69, 9.17) is 4.74 Å². The van der Waals surface area contributed by atoms with Crippen LogP contribution in [-0.4, -0.2) is 48.0 Å². The van der Waals surface area contributed by atoms with Crippen LogP contribution in [0.1, 0.15) is 29.3 Å². The van der Waals surface area contributed by atoms with Crippen molar-refractivity contribution in [2.45, 2.75) is 19.4 Å². The summed E-state index contributed by atoms with van der Waals surface area (Å²) in [5.41, 5.74) is 4.29. The highest BCUT2D eigenvalue weighted by atomic mass is 16.5. The van der Waals surface area contributed by atoms with E-state index in [-0.39, 0.29) is 18.5 Å². The van der Waals surface area contributed by atoms with Crippen molar-refractivity contribution < 1.29 is 9.53 Å². The van der Waals surface area contributed by atoms with E-state index < -0.39 is 0 Å². The van der Waals surface area contributed by atoms with Gasteiger partial charge in [0.25, 0.3) is 5.91 Å². The zero-order valence-corrected chi connectivity index (χ0v) is 15.6. The lowest BCUT2D eigenvalue weighted by Gasteiger charge is -2.22. The summed E-state index contributed by atoms with van der Waals surface area (Å²) in [6.45, 7) is 3.52. The second-order valence-corrected chi connectivity index (χ2v) is 6.59. The number of hydrazone groups is 1. The molecule has 138 valence electrons. The maximum atomic E-state index is 12.8. The summed E-state index contributed by atoms with van der Waals surface area (Å²) in [6.07, 6.45) is 2.71. The number of aromatic nitrogens is 1. The van der Waals surface area contributed by atoms with E-state index in [1.807, 2.05) is 29.9 Å². The van der Waals surface area contributed by atoms with E-state index in [0.717, 1.165) is 17.0 Å². The highest BCUT2D eigenvalue weighted by Crippen LogP contribution is 2.32. The number of ether oxygens (including phenoxy) is 1. The highest BCUT2D eigenvalue weighted by Gasteiger charge is 2.33. The summed E-state index contributed by atoms with van der Waals surface area (Å²) in [5.74, 6) is -0.0316. The quantitative estimate of drug-likeness (QED) is 0.776. The summed E-state index contributed by atoms with van der Waals surface area (Å²) in [7, 11) is 3.64. The molecule has 1 atom stereocenters. The van der Waals surface area contributed by atoms with Crippen LogP contribution in [0.15, 0.2) is 47.7 Å². The van der Waals surface area contributed by atoms with Gasteiger partial charge in [-0.3, -0.25) is 4.79 Å². The van der Waals surface area contributed by atoms with Gasteiger partial charge in [-0.25, -0.2) is 5.01 Å². The third-order valence-electron chi connectivity index (χ3n) is 4.63. The summed E-state index contributed by atoms with van der Waals surface area (Å²) >= 11 is 0. The molecule has 6 nitrogen and oxygen atoms in total. The molecular weight excluding hydrogens is 328 g/mol. The molecule has 26 heavy (non-hydrogen) atoms. The Labute approximate surface area is 154 Å². The number of amides is 1. The maximum absolute atomic E-state index is 12.8. The summed E-state index contributed by atoms with van der Waals surface area (Å²) < 4.78 is 7.05. The lowest BCUT2D eigenvalue weighted by atomic mass is 9.99. The first-order chi connectivity index (χ1) is 12.6. The first-order valence-corrected chi connectivity index (χ1v) is 8.87. The Morgan fingerprint density at radius 1 is 1.31 bits per heavy atom. The molecule has 0 aliphatic carbocycles. The SMILES string of the molecule is COCCNCC(=O)N1N=C(c2cccn2C)CC1c1ccc(C)cc1. The van der Waals surface area contributed by atoms with Crippen LogP contribution in [0.25, 0.3) is 0 Å². The zero-order valence-electron chi connectivity index (χ0n) is 15.6. The van der Waals surface area contributed by atoms with Crippen molar-refractivity contribution in [3.05, 3.63) is 59.4 Å². The fourth-order valence-corrected chi connectivity index (χ4v) is 3.15. The van der Waals surface area contributed by atoms with Gasteiger partial charge in [0.05, 0.1) is 30.6 Å². The largest absolute Gasteiger partial charge is 0.383 e. The van der Waals surface area contributed by atoms with Crippen molar-refractivity contribution in [3.8, 4) is 0 Å². The van der Waals surface area contributed by atoms with Crippen LogP contribution in [0, 0.1) is 6.92 Å². The second kappa shape index (κ2) is 8.29. The van der Waals surface area contributed by atoms with Gasteiger partial charge in [0.2, 0.25) is 0 Å². The second-order valence-electron chi connectivity index (χ2n) is 6.59. The van der Waals surface area contributed by atoms with E-state index in [9.17, 15) is 4.79 Å². The number of nitrogens with one attached hydrogen (secondary N) is 1. The molecule has 1 aliphatic rings. The molecule has 0 bridgehead atoms. The first kappa shape index (κ1) is 18.4. The Morgan fingerprint density at radius 3 is 2.73 bits per heavy atom. The van der Waals surface area contributed by atoms with Crippen molar-refractivity contribution in [2.24, 2.45) is 12.1 Å². The fraction of sp³-hybridized carbons (Fsp3) is 0.400. The number of hydrogen-bond acceptors (Lipinski definition) is 4. The van der Waals surface area contributed by atoms with Gasteiger partial charge < -0.3 is 14.6 Å². The molecule has 1 aromatic carbocycles. The molecule has 0 radical (unpaired) electrons. The number of benzene rings is 1. The number of nitrogens with zero attached hydrogens (tertiary/aromatic N) is 3. The molecule has 0 saturated heterocycles. The van der Waals surface area contributed by atoms with E-state index in [1.54, 1.807) is 12.1 Å². The number of methoxy groups -OCH3 is 1. The van der Waals surface area contributed by atoms with E-state index in [1.165, 1.54) is 5.56 Å². The molecule has 1 aromatic heterocycles. The Bertz CT molecular complexity index is 779. The summed E-state index contributed by atoms with van der Waals surface area (Å²) in [5, 5.41) is 9.42. The molecule has 1 amide bonds. The first-order valence-electron chi connectivity index (χ1n) is 8.87. The van der Waals surface area contributed by atoms with Crippen LogP contribution in [0.2, 0.25) is 0 Å². The van der Waals surface area contributed by atoms with Gasteiger partial charge >= 0.3 is 0 Å². The van der Waals surface area contributed by atoms with Crippen molar-refractivity contribution in [1.82, 2.24) is 14.9 Å². The lowest BCUT2D eigenvalue weighted by Crippen LogP contribution is -2.36. The van der Waals surface area contributed by atoms with Crippen LogP contribution >= 0.6 is 0 Å². The standard InChI is InChI=1S/C20H26N4O2/c1-15-6-8-16(9-7-15)19-13-17(18-5-4-11-23(18)2)22-24(19)20(25)14-21-10-12-26-3/h4-9,11,19,21H,10,12-14H2,1-3H3. The van der Waals surface area contributed by atoms with Gasteiger partial charge in [-0.05, 0) is 24.6 Å². The topological polar surface area (TPSA) is 58.9 Å². The maximum Gasteiger partial charge on any atom is 0.257 e. The average Bonchev–Trinajstić information content (AvgIpc) is 3.25. The Hall–Kier alpha value is -2.44. The Balaban J connectivity index is 1.81. The number of aryl methyl sites for hydroxylation is 2. The molecule has 0 saturated carbocycles. The van der Waals surface area contributed by atoms with Gasteiger partial charge in [0, 0.05) is 33.3 Å². The van der Waals surface area contributed by atoms with Crippen molar-refractivity contribution >= 4 is 11.6 Å². The monoisotopic (exact) mass is 354 g/mol. The lowest BCUT2D eigenvalue weighted by molar-refractivity contribution is -0.132. The summed E-state index contributed by atoms with van der Waals surface area (Å²) in [4.78, 5) is 12.8. The van der Waals surface area contributed by atoms with Crippen LogP contribution in [-0.2, 0) is 16.6 Å². The molecule has 2 heterocycles. The molecule has 6 heteroatoms. The number of carbonyl (C=O) groups is 1. The smallest absolute Gasteiger partial charge is 0.257 e. The molecular formula is C20H26N4O2. The highest BCUT2D eigenvalue weighted by molar-refractivity contribution is 6.02. The van der Waals surface area contributed by atoms with Crippen LogP contribution in [0.4, 0.5) is 0 Å². The fourth-order valence-electron chi connectivity index (χ4n) is 3.15. The number of hydrogen-bond donors (Lipinski definition) is 1. The van der Waals surface area contributed by atoms with Crippen molar-refractivity contribution in [3.63, 3.8) is 0 Å². The Morgan fingerprint density at radius 2 is 2.08 bits per heavy atom. The predicted octanol–water partition coefficient (Wildman–Crippen LogP) is 2.25. The van der Waals surface area contributed by atoms with Crippen LogP contribution in [0.3, 0.4) is 0 Å².